The number of hydrogen-bond acceptors (Lipinski definition) is 3. The van der Waals surface area contributed by atoms with E-state index in [1.54, 1.807) is 0 Å². The molecule has 0 fully saturated rings. The summed E-state index contributed by atoms with van der Waals surface area (Å²) in [5.41, 5.74) is 2.05. The van der Waals surface area contributed by atoms with Crippen LogP contribution in [0.2, 0.25) is 5.02 Å². The molecule has 2 heterocycles. The summed E-state index contributed by atoms with van der Waals surface area (Å²) in [4.78, 5) is 17.6. The number of aryl methyl sites for hydroxylation is 1. The van der Waals surface area contributed by atoms with Crippen LogP contribution in [0.4, 0.5) is 0 Å². The molecule has 0 radical (unpaired) electrons. The minimum atomic E-state index is -0.131. The van der Waals surface area contributed by atoms with E-state index < -0.39 is 0 Å². The van der Waals surface area contributed by atoms with Gasteiger partial charge in [0.05, 0.1) is 16.1 Å². The number of imidazole rings is 1. The molecule has 0 spiro atoms. The summed E-state index contributed by atoms with van der Waals surface area (Å²) in [6, 6.07) is 15.8. The van der Waals surface area contributed by atoms with Crippen molar-refractivity contribution in [1.29, 1.82) is 0 Å². The fraction of sp³-hybridized carbons (Fsp3) is 0.158. The fourth-order valence-corrected chi connectivity index (χ4v) is 4.43. The van der Waals surface area contributed by atoms with Crippen molar-refractivity contribution in [1.82, 2.24) is 14.9 Å². The van der Waals surface area contributed by atoms with Crippen molar-refractivity contribution in [2.24, 2.45) is 0 Å². The number of para-hydroxylation sites is 2. The van der Waals surface area contributed by atoms with Gasteiger partial charge in [-0.05, 0) is 25.1 Å². The molecular weight excluding hydrogens is 354 g/mol. The second-order valence-corrected chi connectivity index (χ2v) is 7.23. The minimum absolute atomic E-state index is 0.131. The van der Waals surface area contributed by atoms with Crippen LogP contribution in [0.25, 0.3) is 21.1 Å². The first kappa shape index (κ1) is 16.1. The number of carbonyl (C=O) groups excluding carboxylic acids is 1. The van der Waals surface area contributed by atoms with Crippen LogP contribution >= 0.6 is 22.9 Å². The Morgan fingerprint density at radius 2 is 1.96 bits per heavy atom. The van der Waals surface area contributed by atoms with Gasteiger partial charge in [-0.1, -0.05) is 41.9 Å². The van der Waals surface area contributed by atoms with Gasteiger partial charge in [0.1, 0.15) is 10.7 Å². The third kappa shape index (κ3) is 2.90. The average molecular weight is 370 g/mol. The third-order valence-corrected chi connectivity index (χ3v) is 5.88. The van der Waals surface area contributed by atoms with Gasteiger partial charge in [-0.3, -0.25) is 4.79 Å². The number of benzene rings is 2. The van der Waals surface area contributed by atoms with Crippen molar-refractivity contribution in [3.05, 3.63) is 64.3 Å². The topological polar surface area (TPSA) is 46.9 Å². The maximum atomic E-state index is 12.5. The van der Waals surface area contributed by atoms with Crippen LogP contribution < -0.4 is 5.32 Å². The summed E-state index contributed by atoms with van der Waals surface area (Å²) in [5.74, 6) is 0.809. The molecule has 126 valence electrons. The molecule has 4 rings (SSSR count). The molecule has 0 aliphatic heterocycles. The number of hydrogen-bond donors (Lipinski definition) is 1. The van der Waals surface area contributed by atoms with Gasteiger partial charge < -0.3 is 9.88 Å². The zero-order valence-corrected chi connectivity index (χ0v) is 15.2. The Morgan fingerprint density at radius 1 is 1.20 bits per heavy atom. The Balaban J connectivity index is 1.50. The molecule has 0 unspecified atom stereocenters. The lowest BCUT2D eigenvalue weighted by molar-refractivity contribution is 0.0956. The van der Waals surface area contributed by atoms with Crippen LogP contribution in [-0.4, -0.2) is 22.0 Å². The van der Waals surface area contributed by atoms with Gasteiger partial charge in [0.15, 0.2) is 0 Å². The monoisotopic (exact) mass is 369 g/mol. The fourth-order valence-electron chi connectivity index (χ4n) is 3.00. The summed E-state index contributed by atoms with van der Waals surface area (Å²) in [6.45, 7) is 3.16. The van der Waals surface area contributed by atoms with E-state index >= 15 is 0 Å². The van der Waals surface area contributed by atoms with E-state index in [0.29, 0.717) is 23.0 Å². The lowest BCUT2D eigenvalue weighted by Crippen LogP contribution is -2.27. The van der Waals surface area contributed by atoms with E-state index in [1.165, 1.54) is 11.3 Å². The number of fused-ring (bicyclic) bond motifs is 2. The van der Waals surface area contributed by atoms with E-state index in [1.807, 2.05) is 55.5 Å². The minimum Gasteiger partial charge on any atom is -0.349 e. The van der Waals surface area contributed by atoms with Crippen LogP contribution in [0.15, 0.2) is 48.5 Å². The maximum Gasteiger partial charge on any atom is 0.262 e. The Bertz CT molecular complexity index is 1080. The Hall–Kier alpha value is -2.37. The highest BCUT2D eigenvalue weighted by atomic mass is 35.5. The Morgan fingerprint density at radius 3 is 2.80 bits per heavy atom. The largest absolute Gasteiger partial charge is 0.349 e. The molecule has 0 atom stereocenters. The number of halogens is 1. The Kier molecular flexibility index (Phi) is 4.19. The maximum absolute atomic E-state index is 12.5. The van der Waals surface area contributed by atoms with E-state index in [0.717, 1.165) is 26.9 Å². The molecule has 0 aliphatic rings. The molecule has 4 nitrogen and oxygen atoms in total. The second kappa shape index (κ2) is 6.50. The third-order valence-electron chi connectivity index (χ3n) is 4.21. The predicted molar refractivity (Wildman–Crippen MR) is 104 cm³/mol. The molecule has 4 aromatic rings. The van der Waals surface area contributed by atoms with Crippen molar-refractivity contribution in [2.75, 3.05) is 6.54 Å². The summed E-state index contributed by atoms with van der Waals surface area (Å²) >= 11 is 7.79. The normalized spacial score (nSPS) is 11.3. The highest BCUT2D eigenvalue weighted by Crippen LogP contribution is 2.34. The number of amides is 1. The molecule has 0 saturated heterocycles. The number of aromatic nitrogens is 2. The molecule has 2 aromatic heterocycles. The van der Waals surface area contributed by atoms with Crippen molar-refractivity contribution in [2.45, 2.75) is 13.5 Å². The van der Waals surface area contributed by atoms with E-state index in [-0.39, 0.29) is 5.91 Å². The molecule has 1 N–H and O–H groups in total. The zero-order valence-electron chi connectivity index (χ0n) is 13.6. The first-order chi connectivity index (χ1) is 12.1. The standard InChI is InChI=1S/C19H16ClN3OS/c1-12-22-14-7-3-4-8-15(14)23(12)11-10-21-19(24)18-17(20)13-6-2-5-9-16(13)25-18/h2-9H,10-11H2,1H3,(H,21,24). The van der Waals surface area contributed by atoms with E-state index in [4.69, 9.17) is 11.6 Å². The summed E-state index contributed by atoms with van der Waals surface area (Å²) in [5, 5.41) is 4.43. The van der Waals surface area contributed by atoms with E-state index in [2.05, 4.69) is 14.9 Å². The highest BCUT2D eigenvalue weighted by molar-refractivity contribution is 7.21. The van der Waals surface area contributed by atoms with Crippen LogP contribution in [-0.2, 0) is 6.54 Å². The Labute approximate surface area is 154 Å². The molecule has 0 saturated carbocycles. The average Bonchev–Trinajstić information content (AvgIpc) is 3.13. The SMILES string of the molecule is Cc1nc2ccccc2n1CCNC(=O)c1sc2ccccc2c1Cl. The predicted octanol–water partition coefficient (Wildman–Crippen LogP) is 4.64. The lowest BCUT2D eigenvalue weighted by atomic mass is 10.2. The lowest BCUT2D eigenvalue weighted by Gasteiger charge is -2.08. The molecule has 0 bridgehead atoms. The second-order valence-electron chi connectivity index (χ2n) is 5.80. The molecule has 1 amide bonds. The quantitative estimate of drug-likeness (QED) is 0.569. The summed E-state index contributed by atoms with van der Waals surface area (Å²) in [7, 11) is 0. The summed E-state index contributed by atoms with van der Waals surface area (Å²) in [6.07, 6.45) is 0. The van der Waals surface area contributed by atoms with Crippen LogP contribution in [0, 0.1) is 6.92 Å². The summed E-state index contributed by atoms with van der Waals surface area (Å²) < 4.78 is 3.14. The number of nitrogens with zero attached hydrogens (tertiary/aromatic N) is 2. The van der Waals surface area contributed by atoms with Crippen molar-refractivity contribution < 1.29 is 4.79 Å². The van der Waals surface area contributed by atoms with Gasteiger partial charge >= 0.3 is 0 Å². The van der Waals surface area contributed by atoms with Crippen molar-refractivity contribution in [3.63, 3.8) is 0 Å². The number of thiophene rings is 1. The smallest absolute Gasteiger partial charge is 0.262 e. The van der Waals surface area contributed by atoms with Crippen LogP contribution in [0.1, 0.15) is 15.5 Å². The number of nitrogens with one attached hydrogen (secondary N) is 1. The molecule has 2 aromatic carbocycles. The molecule has 25 heavy (non-hydrogen) atoms. The van der Waals surface area contributed by atoms with Gasteiger partial charge in [0.25, 0.3) is 5.91 Å². The molecular formula is C19H16ClN3OS. The molecule has 0 aliphatic carbocycles. The van der Waals surface area contributed by atoms with E-state index in [9.17, 15) is 4.79 Å². The molecule has 6 heteroatoms. The number of rotatable bonds is 4. The highest BCUT2D eigenvalue weighted by Gasteiger charge is 2.16. The van der Waals surface area contributed by atoms with Gasteiger partial charge in [-0.25, -0.2) is 4.98 Å². The van der Waals surface area contributed by atoms with Crippen LogP contribution in [0.5, 0.6) is 0 Å². The first-order valence-electron chi connectivity index (χ1n) is 8.02. The van der Waals surface area contributed by atoms with Crippen molar-refractivity contribution in [3.8, 4) is 0 Å². The zero-order chi connectivity index (χ0) is 17.4. The van der Waals surface area contributed by atoms with Crippen LogP contribution in [0.3, 0.4) is 0 Å². The number of carbonyl (C=O) groups is 1. The van der Waals surface area contributed by atoms with Gasteiger partial charge in [-0.15, -0.1) is 11.3 Å². The van der Waals surface area contributed by atoms with Crippen molar-refractivity contribution >= 4 is 50.0 Å². The first-order valence-corrected chi connectivity index (χ1v) is 9.21. The van der Waals surface area contributed by atoms with Gasteiger partial charge in [0, 0.05) is 23.2 Å². The van der Waals surface area contributed by atoms with Gasteiger partial charge in [-0.2, -0.15) is 0 Å². The van der Waals surface area contributed by atoms with Gasteiger partial charge in [0.2, 0.25) is 0 Å².